The lowest BCUT2D eigenvalue weighted by Gasteiger charge is -2.10. The third-order valence-electron chi connectivity index (χ3n) is 3.51. The van der Waals surface area contributed by atoms with Crippen molar-refractivity contribution in [3.8, 4) is 0 Å². The van der Waals surface area contributed by atoms with E-state index in [1.54, 1.807) is 17.7 Å². The van der Waals surface area contributed by atoms with Crippen molar-refractivity contribution in [2.24, 2.45) is 0 Å². The third-order valence-corrected chi connectivity index (χ3v) is 3.51. The van der Waals surface area contributed by atoms with Gasteiger partial charge >= 0.3 is 0 Å². The number of nitrogens with one attached hydrogen (secondary N) is 1. The fraction of sp³-hybridized carbons (Fsp3) is 0.111. The van der Waals surface area contributed by atoms with Gasteiger partial charge in [0.05, 0.1) is 12.2 Å². The van der Waals surface area contributed by atoms with Crippen LogP contribution in [0.2, 0.25) is 0 Å². The molecule has 0 aliphatic heterocycles. The lowest BCUT2D eigenvalue weighted by Crippen LogP contribution is -2.18. The zero-order valence-electron chi connectivity index (χ0n) is 13.0. The predicted molar refractivity (Wildman–Crippen MR) is 86.8 cm³/mol. The number of carbonyl (C=O) groups is 1. The molecule has 24 heavy (non-hydrogen) atoms. The lowest BCUT2D eigenvalue weighted by atomic mass is 10.2. The van der Waals surface area contributed by atoms with Crippen LogP contribution in [-0.4, -0.2) is 15.7 Å². The maximum atomic E-state index is 13.7. The molecule has 0 aliphatic carbocycles. The van der Waals surface area contributed by atoms with Crippen molar-refractivity contribution in [2.45, 2.75) is 13.5 Å². The Balaban J connectivity index is 1.87. The Labute approximate surface area is 137 Å². The first-order chi connectivity index (χ1) is 11.5. The van der Waals surface area contributed by atoms with Crippen LogP contribution in [-0.2, 0) is 6.54 Å². The molecule has 0 fully saturated rings. The van der Waals surface area contributed by atoms with Gasteiger partial charge in [-0.2, -0.15) is 5.10 Å². The summed E-state index contributed by atoms with van der Waals surface area (Å²) in [6.07, 6.45) is 0. The van der Waals surface area contributed by atoms with E-state index < -0.39 is 23.1 Å². The summed E-state index contributed by atoms with van der Waals surface area (Å²) in [6.45, 7) is 2.21. The number of carbonyl (C=O) groups excluding carboxylic acids is 1. The fourth-order valence-electron chi connectivity index (χ4n) is 2.42. The Kier molecular flexibility index (Phi) is 4.37. The zero-order valence-corrected chi connectivity index (χ0v) is 13.0. The largest absolute Gasteiger partial charge is 0.307 e. The summed E-state index contributed by atoms with van der Waals surface area (Å²) in [5.74, 6) is -2.28. The standard InChI is InChI=1S/C18H15F2N3O/c1-12-10-16(23(22-12)11-13-6-3-2-4-7-13)21-18(24)17-14(19)8-5-9-15(17)20/h2-10H,11H2,1H3,(H,21,24). The monoisotopic (exact) mass is 327 g/mol. The van der Waals surface area contributed by atoms with Gasteiger partial charge in [0, 0.05) is 6.07 Å². The van der Waals surface area contributed by atoms with Crippen molar-refractivity contribution in [1.82, 2.24) is 9.78 Å². The van der Waals surface area contributed by atoms with Gasteiger partial charge in [-0.15, -0.1) is 0 Å². The van der Waals surface area contributed by atoms with Crippen molar-refractivity contribution in [3.05, 3.63) is 83.1 Å². The van der Waals surface area contributed by atoms with Crippen LogP contribution in [0.15, 0.2) is 54.6 Å². The van der Waals surface area contributed by atoms with Crippen molar-refractivity contribution < 1.29 is 13.6 Å². The maximum absolute atomic E-state index is 13.7. The van der Waals surface area contributed by atoms with Gasteiger partial charge in [0.25, 0.3) is 5.91 Å². The molecule has 0 saturated heterocycles. The van der Waals surface area contributed by atoms with Gasteiger partial charge in [0.15, 0.2) is 0 Å². The highest BCUT2D eigenvalue weighted by Crippen LogP contribution is 2.17. The van der Waals surface area contributed by atoms with E-state index in [1.165, 1.54) is 6.07 Å². The quantitative estimate of drug-likeness (QED) is 0.793. The van der Waals surface area contributed by atoms with Crippen molar-refractivity contribution in [3.63, 3.8) is 0 Å². The molecule has 0 unspecified atom stereocenters. The number of aryl methyl sites for hydroxylation is 1. The van der Waals surface area contributed by atoms with Gasteiger partial charge in [-0.1, -0.05) is 36.4 Å². The molecule has 0 aliphatic rings. The van der Waals surface area contributed by atoms with Crippen LogP contribution in [0.25, 0.3) is 0 Å². The van der Waals surface area contributed by atoms with E-state index in [0.29, 0.717) is 18.1 Å². The normalized spacial score (nSPS) is 10.6. The van der Waals surface area contributed by atoms with Crippen LogP contribution >= 0.6 is 0 Å². The van der Waals surface area contributed by atoms with Gasteiger partial charge < -0.3 is 5.32 Å². The minimum Gasteiger partial charge on any atom is -0.307 e. The minimum atomic E-state index is -0.904. The van der Waals surface area contributed by atoms with Gasteiger partial charge in [0.2, 0.25) is 0 Å². The molecule has 0 bridgehead atoms. The van der Waals surface area contributed by atoms with Crippen LogP contribution in [0, 0.1) is 18.6 Å². The van der Waals surface area contributed by atoms with E-state index in [1.807, 2.05) is 30.3 Å². The summed E-state index contributed by atoms with van der Waals surface area (Å²) >= 11 is 0. The van der Waals surface area contributed by atoms with Crippen LogP contribution in [0.1, 0.15) is 21.6 Å². The molecule has 2 aromatic carbocycles. The van der Waals surface area contributed by atoms with Gasteiger partial charge in [-0.25, -0.2) is 13.5 Å². The highest BCUT2D eigenvalue weighted by atomic mass is 19.1. The summed E-state index contributed by atoms with van der Waals surface area (Å²) in [6, 6.07) is 14.5. The molecule has 6 heteroatoms. The SMILES string of the molecule is Cc1cc(NC(=O)c2c(F)cccc2F)n(Cc2ccccc2)n1. The first-order valence-electron chi connectivity index (χ1n) is 7.38. The lowest BCUT2D eigenvalue weighted by molar-refractivity contribution is 0.101. The highest BCUT2D eigenvalue weighted by Gasteiger charge is 2.19. The first kappa shape index (κ1) is 15.9. The Morgan fingerprint density at radius 1 is 1.08 bits per heavy atom. The first-order valence-corrected chi connectivity index (χ1v) is 7.38. The molecule has 0 radical (unpaired) electrons. The molecule has 1 heterocycles. The summed E-state index contributed by atoms with van der Waals surface area (Å²) in [4.78, 5) is 12.2. The molecular weight excluding hydrogens is 312 g/mol. The topological polar surface area (TPSA) is 46.9 Å². The van der Waals surface area contributed by atoms with Gasteiger partial charge in [-0.05, 0) is 24.6 Å². The molecule has 1 aromatic heterocycles. The number of amides is 1. The second kappa shape index (κ2) is 6.62. The average molecular weight is 327 g/mol. The number of nitrogens with zero attached hydrogens (tertiary/aromatic N) is 2. The molecule has 122 valence electrons. The van der Waals surface area contributed by atoms with Crippen LogP contribution < -0.4 is 5.32 Å². The number of aromatic nitrogens is 2. The highest BCUT2D eigenvalue weighted by molar-refractivity contribution is 6.04. The summed E-state index contributed by atoms with van der Waals surface area (Å²) < 4.78 is 29.1. The molecule has 3 rings (SSSR count). The number of hydrogen-bond acceptors (Lipinski definition) is 2. The Bertz CT molecular complexity index is 855. The van der Waals surface area contributed by atoms with E-state index in [9.17, 15) is 13.6 Å². The van der Waals surface area contributed by atoms with E-state index in [0.717, 1.165) is 17.7 Å². The predicted octanol–water partition coefficient (Wildman–Crippen LogP) is 3.77. The number of anilines is 1. The van der Waals surface area contributed by atoms with E-state index >= 15 is 0 Å². The molecule has 1 amide bonds. The maximum Gasteiger partial charge on any atom is 0.262 e. The van der Waals surface area contributed by atoms with E-state index in [-0.39, 0.29) is 0 Å². The number of rotatable bonds is 4. The average Bonchev–Trinajstić information content (AvgIpc) is 2.87. The molecule has 3 aromatic rings. The number of hydrogen-bond donors (Lipinski definition) is 1. The Morgan fingerprint density at radius 2 is 1.75 bits per heavy atom. The molecule has 1 N–H and O–H groups in total. The van der Waals surface area contributed by atoms with Crippen LogP contribution in [0.3, 0.4) is 0 Å². The van der Waals surface area contributed by atoms with Crippen molar-refractivity contribution in [2.75, 3.05) is 5.32 Å². The minimum absolute atomic E-state index is 0.379. The third kappa shape index (κ3) is 3.32. The van der Waals surface area contributed by atoms with E-state index in [2.05, 4.69) is 10.4 Å². The smallest absolute Gasteiger partial charge is 0.262 e. The second-order valence-electron chi connectivity index (χ2n) is 5.36. The molecule has 4 nitrogen and oxygen atoms in total. The van der Waals surface area contributed by atoms with Gasteiger partial charge in [-0.3, -0.25) is 4.79 Å². The molecule has 0 atom stereocenters. The van der Waals surface area contributed by atoms with Crippen LogP contribution in [0.4, 0.5) is 14.6 Å². The number of benzene rings is 2. The molecule has 0 saturated carbocycles. The van der Waals surface area contributed by atoms with Crippen molar-refractivity contribution >= 4 is 11.7 Å². The second-order valence-corrected chi connectivity index (χ2v) is 5.36. The van der Waals surface area contributed by atoms with Crippen LogP contribution in [0.5, 0.6) is 0 Å². The van der Waals surface area contributed by atoms with E-state index in [4.69, 9.17) is 0 Å². The van der Waals surface area contributed by atoms with Gasteiger partial charge in [0.1, 0.15) is 23.0 Å². The Hall–Kier alpha value is -3.02. The Morgan fingerprint density at radius 3 is 2.42 bits per heavy atom. The molecular formula is C18H15F2N3O. The summed E-state index contributed by atoms with van der Waals surface area (Å²) in [7, 11) is 0. The van der Waals surface area contributed by atoms with Crippen molar-refractivity contribution in [1.29, 1.82) is 0 Å². The summed E-state index contributed by atoms with van der Waals surface area (Å²) in [5.41, 5.74) is 1.08. The molecule has 0 spiro atoms. The summed E-state index contributed by atoms with van der Waals surface area (Å²) in [5, 5.41) is 6.84. The zero-order chi connectivity index (χ0) is 17.1. The fourth-order valence-corrected chi connectivity index (χ4v) is 2.42. The number of halogens is 2.